The van der Waals surface area contributed by atoms with Crippen molar-refractivity contribution < 1.29 is 0 Å². The van der Waals surface area contributed by atoms with E-state index in [1.165, 1.54) is 69.9 Å². The highest BCUT2D eigenvalue weighted by molar-refractivity contribution is 7.25. The monoisotopic (exact) mass is 732 g/mol. The van der Waals surface area contributed by atoms with Crippen molar-refractivity contribution in [2.24, 2.45) is 0 Å². The first-order valence-corrected chi connectivity index (χ1v) is 19.6. The van der Waals surface area contributed by atoms with Crippen LogP contribution in [0, 0.1) is 0 Å². The van der Waals surface area contributed by atoms with E-state index in [1.807, 2.05) is 72.0 Å². The highest BCUT2D eigenvalue weighted by Gasteiger charge is 2.16. The first-order valence-electron chi connectivity index (χ1n) is 18.8. The third-order valence-corrected chi connectivity index (χ3v) is 11.8. The van der Waals surface area contributed by atoms with Gasteiger partial charge in [0.1, 0.15) is 0 Å². The molecule has 4 nitrogen and oxygen atoms in total. The summed E-state index contributed by atoms with van der Waals surface area (Å²) in [6.45, 7) is 0. The molecule has 3 heterocycles. The third-order valence-electron chi connectivity index (χ3n) is 10.7. The Balaban J connectivity index is 0.929. The predicted octanol–water partition coefficient (Wildman–Crippen LogP) is 13.7. The van der Waals surface area contributed by atoms with E-state index in [0.29, 0.717) is 17.5 Å². The summed E-state index contributed by atoms with van der Waals surface area (Å²) < 4.78 is 4.82. The van der Waals surface area contributed by atoms with Crippen molar-refractivity contribution in [2.45, 2.75) is 0 Å². The standard InChI is InChI=1S/C51H32N4S/c1-4-12-35(13-5-1)49-52-50(36-14-6-2-7-15-36)54-51(53-49)39-25-28-43-42-27-24-38(31-47(42)56-48(43)32-39)34-22-20-33(21-23-34)37-26-29-46-44(30-37)41-18-10-11-19-45(41)55(46)40-16-8-3-9-17-40/h1-32H. The second kappa shape index (κ2) is 13.3. The summed E-state index contributed by atoms with van der Waals surface area (Å²) in [5.74, 6) is 1.99. The van der Waals surface area contributed by atoms with Crippen molar-refractivity contribution >= 4 is 53.3 Å². The van der Waals surface area contributed by atoms with Gasteiger partial charge in [-0.2, -0.15) is 0 Å². The summed E-state index contributed by atoms with van der Waals surface area (Å²) in [5, 5.41) is 5.01. The van der Waals surface area contributed by atoms with Crippen LogP contribution in [-0.4, -0.2) is 19.5 Å². The maximum atomic E-state index is 4.97. The second-order valence-corrected chi connectivity index (χ2v) is 15.1. The van der Waals surface area contributed by atoms with Gasteiger partial charge in [0.05, 0.1) is 11.0 Å². The third kappa shape index (κ3) is 5.56. The van der Waals surface area contributed by atoms with E-state index in [-0.39, 0.29) is 0 Å². The largest absolute Gasteiger partial charge is 0.309 e. The van der Waals surface area contributed by atoms with Gasteiger partial charge in [0, 0.05) is 53.3 Å². The molecule has 0 saturated heterocycles. The molecule has 262 valence electrons. The molecule has 5 heteroatoms. The maximum absolute atomic E-state index is 4.97. The SMILES string of the molecule is c1ccc(-c2nc(-c3ccccc3)nc(-c3ccc4c(c3)sc3cc(-c5ccc(-c6ccc7c(c6)c6ccccc6n7-c6ccccc6)cc5)ccc34)n2)cc1. The number of hydrogen-bond donors (Lipinski definition) is 0. The van der Waals surface area contributed by atoms with Crippen molar-refractivity contribution in [1.29, 1.82) is 0 Å². The minimum Gasteiger partial charge on any atom is -0.309 e. The Morgan fingerprint density at radius 3 is 1.38 bits per heavy atom. The number of hydrogen-bond acceptors (Lipinski definition) is 4. The van der Waals surface area contributed by atoms with Crippen molar-refractivity contribution in [3.8, 4) is 62.1 Å². The maximum Gasteiger partial charge on any atom is 0.164 e. The number of benzene rings is 8. The van der Waals surface area contributed by atoms with Gasteiger partial charge in [-0.3, -0.25) is 0 Å². The molecule has 0 saturated carbocycles. The molecule has 11 aromatic rings. The summed E-state index contributed by atoms with van der Waals surface area (Å²) in [4.78, 5) is 14.8. The van der Waals surface area contributed by atoms with Crippen LogP contribution in [0.3, 0.4) is 0 Å². The van der Waals surface area contributed by atoms with Crippen LogP contribution in [0.15, 0.2) is 194 Å². The average molecular weight is 733 g/mol. The lowest BCUT2D eigenvalue weighted by atomic mass is 9.98. The van der Waals surface area contributed by atoms with E-state index in [1.54, 1.807) is 0 Å². The Morgan fingerprint density at radius 1 is 0.304 bits per heavy atom. The van der Waals surface area contributed by atoms with Gasteiger partial charge >= 0.3 is 0 Å². The summed E-state index contributed by atoms with van der Waals surface area (Å²) in [7, 11) is 0. The van der Waals surface area contributed by atoms with Gasteiger partial charge in [0.25, 0.3) is 0 Å². The quantitative estimate of drug-likeness (QED) is 0.171. The molecule has 0 aliphatic carbocycles. The highest BCUT2D eigenvalue weighted by Crippen LogP contribution is 2.39. The van der Waals surface area contributed by atoms with Gasteiger partial charge in [0.2, 0.25) is 0 Å². The van der Waals surface area contributed by atoms with E-state index >= 15 is 0 Å². The summed E-state index contributed by atoms with van der Waals surface area (Å²) in [6, 6.07) is 68.8. The lowest BCUT2D eigenvalue weighted by Gasteiger charge is -2.09. The van der Waals surface area contributed by atoms with Crippen LogP contribution in [0.5, 0.6) is 0 Å². The van der Waals surface area contributed by atoms with Crippen LogP contribution in [0.2, 0.25) is 0 Å². The fourth-order valence-corrected chi connectivity index (χ4v) is 9.08. The Hall–Kier alpha value is -7.21. The van der Waals surface area contributed by atoms with Gasteiger partial charge < -0.3 is 4.57 Å². The van der Waals surface area contributed by atoms with Crippen molar-refractivity contribution in [3.05, 3.63) is 194 Å². The molecule has 0 radical (unpaired) electrons. The molecule has 0 N–H and O–H groups in total. The zero-order chi connectivity index (χ0) is 37.0. The van der Waals surface area contributed by atoms with Crippen LogP contribution in [-0.2, 0) is 0 Å². The molecule has 8 aromatic carbocycles. The average Bonchev–Trinajstić information content (AvgIpc) is 3.82. The molecule has 0 aliphatic rings. The molecule has 0 amide bonds. The topological polar surface area (TPSA) is 43.6 Å². The number of rotatable bonds is 6. The van der Waals surface area contributed by atoms with E-state index < -0.39 is 0 Å². The molecule has 0 bridgehead atoms. The summed E-state index contributed by atoms with van der Waals surface area (Å²) in [6.07, 6.45) is 0. The smallest absolute Gasteiger partial charge is 0.164 e. The first-order chi connectivity index (χ1) is 27.7. The number of para-hydroxylation sites is 2. The molecular weight excluding hydrogens is 701 g/mol. The molecule has 0 spiro atoms. The van der Waals surface area contributed by atoms with Gasteiger partial charge in [-0.1, -0.05) is 152 Å². The molecule has 0 fully saturated rings. The van der Waals surface area contributed by atoms with E-state index in [2.05, 4.69) is 138 Å². The predicted molar refractivity (Wildman–Crippen MR) is 234 cm³/mol. The van der Waals surface area contributed by atoms with Gasteiger partial charge in [-0.15, -0.1) is 11.3 Å². The molecule has 3 aromatic heterocycles. The molecular formula is C51H32N4S. The lowest BCUT2D eigenvalue weighted by Crippen LogP contribution is -1.99. The van der Waals surface area contributed by atoms with Crippen LogP contribution < -0.4 is 0 Å². The van der Waals surface area contributed by atoms with Crippen molar-refractivity contribution in [3.63, 3.8) is 0 Å². The van der Waals surface area contributed by atoms with Crippen LogP contribution >= 0.6 is 11.3 Å². The molecule has 0 unspecified atom stereocenters. The summed E-state index contributed by atoms with van der Waals surface area (Å²) in [5.41, 5.74) is 11.3. The Labute approximate surface area is 327 Å². The van der Waals surface area contributed by atoms with Crippen LogP contribution in [0.25, 0.3) is 104 Å². The summed E-state index contributed by atoms with van der Waals surface area (Å²) >= 11 is 1.81. The molecule has 56 heavy (non-hydrogen) atoms. The number of fused-ring (bicyclic) bond motifs is 6. The van der Waals surface area contributed by atoms with Crippen molar-refractivity contribution in [2.75, 3.05) is 0 Å². The highest BCUT2D eigenvalue weighted by atomic mass is 32.1. The lowest BCUT2D eigenvalue weighted by molar-refractivity contribution is 1.07. The Bertz CT molecular complexity index is 3160. The fourth-order valence-electron chi connectivity index (χ4n) is 7.90. The van der Waals surface area contributed by atoms with Crippen molar-refractivity contribution in [1.82, 2.24) is 19.5 Å². The number of thiophene rings is 1. The first kappa shape index (κ1) is 32.2. The van der Waals surface area contributed by atoms with Crippen LogP contribution in [0.1, 0.15) is 0 Å². The molecule has 11 rings (SSSR count). The normalized spacial score (nSPS) is 11.6. The Morgan fingerprint density at radius 2 is 0.750 bits per heavy atom. The fraction of sp³-hybridized carbons (Fsp3) is 0. The van der Waals surface area contributed by atoms with Gasteiger partial charge in [0.15, 0.2) is 17.5 Å². The number of aromatic nitrogens is 4. The zero-order valence-corrected chi connectivity index (χ0v) is 31.0. The van der Waals surface area contributed by atoms with Crippen LogP contribution in [0.4, 0.5) is 0 Å². The second-order valence-electron chi connectivity index (χ2n) is 14.1. The van der Waals surface area contributed by atoms with E-state index in [0.717, 1.165) is 16.7 Å². The van der Waals surface area contributed by atoms with Gasteiger partial charge in [-0.25, -0.2) is 15.0 Å². The minimum absolute atomic E-state index is 0.665. The zero-order valence-electron chi connectivity index (χ0n) is 30.2. The molecule has 0 atom stereocenters. The van der Waals surface area contributed by atoms with Gasteiger partial charge in [-0.05, 0) is 64.7 Å². The minimum atomic E-state index is 0.665. The van der Waals surface area contributed by atoms with E-state index in [9.17, 15) is 0 Å². The number of nitrogens with zero attached hydrogens (tertiary/aromatic N) is 4. The Kier molecular flexibility index (Phi) is 7.64. The van der Waals surface area contributed by atoms with E-state index in [4.69, 9.17) is 15.0 Å². The molecule has 0 aliphatic heterocycles.